The normalized spacial score (nSPS) is 18.7. The van der Waals surface area contributed by atoms with Gasteiger partial charge in [-0.3, -0.25) is 0 Å². The van der Waals surface area contributed by atoms with Crippen LogP contribution in [0.5, 0.6) is 0 Å². The molecule has 160 valence electrons. The average Bonchev–Trinajstić information content (AvgIpc) is 3.13. The molecule has 0 radical (unpaired) electrons. The molecule has 0 aromatic heterocycles. The van der Waals surface area contributed by atoms with E-state index < -0.39 is 5.66 Å². The number of nitrogens with zero attached hydrogens (tertiary/aromatic N) is 2. The zero-order valence-electron chi connectivity index (χ0n) is 18.1. The maximum Gasteiger partial charge on any atom is 0.219 e. The fourth-order valence-corrected chi connectivity index (χ4v) is 4.00. The molecule has 0 saturated heterocycles. The number of benzene rings is 1. The first kappa shape index (κ1) is 24.9. The van der Waals surface area contributed by atoms with Gasteiger partial charge in [-0.25, -0.2) is 4.99 Å². The Balaban J connectivity index is 0.00000392. The van der Waals surface area contributed by atoms with E-state index in [4.69, 9.17) is 4.84 Å². The van der Waals surface area contributed by atoms with Crippen LogP contribution in [0.25, 0.3) is 0 Å². The van der Waals surface area contributed by atoms with Crippen LogP contribution in [-0.2, 0) is 10.5 Å². The van der Waals surface area contributed by atoms with Crippen molar-refractivity contribution in [3.8, 4) is 0 Å². The first-order valence-electron chi connectivity index (χ1n) is 10.9. The summed E-state index contributed by atoms with van der Waals surface area (Å²) < 4.78 is 0.930. The van der Waals surface area contributed by atoms with Gasteiger partial charge in [-0.05, 0) is 12.8 Å². The molecule has 1 aliphatic heterocycles. The molecule has 0 amide bonds. The highest BCUT2D eigenvalue weighted by atomic mass is 35.5. The summed E-state index contributed by atoms with van der Waals surface area (Å²) in [6.45, 7) is 4.33. The van der Waals surface area contributed by atoms with Gasteiger partial charge in [-0.2, -0.15) is 0 Å². The zero-order valence-corrected chi connectivity index (χ0v) is 18.9. The fourth-order valence-electron chi connectivity index (χ4n) is 4.00. The summed E-state index contributed by atoms with van der Waals surface area (Å²) in [5, 5.41) is 0. The topological polar surface area (TPSA) is 33.6 Å². The molecule has 1 aromatic rings. The third kappa shape index (κ3) is 8.50. The second kappa shape index (κ2) is 13.2. The molecule has 1 aromatic carbocycles. The predicted octanol–water partition coefficient (Wildman–Crippen LogP) is 2.40. The first-order chi connectivity index (χ1) is 13.1. The number of aliphatic imine (C=N–C) groups is 1. The molecular formula is C23H40ClN3O. The van der Waals surface area contributed by atoms with Gasteiger partial charge in [-0.15, -0.1) is 5.48 Å². The van der Waals surface area contributed by atoms with E-state index in [0.717, 1.165) is 16.6 Å². The van der Waals surface area contributed by atoms with Crippen LogP contribution in [0.4, 0.5) is 0 Å². The lowest BCUT2D eigenvalue weighted by atomic mass is 9.99. The van der Waals surface area contributed by atoms with E-state index in [2.05, 4.69) is 55.8 Å². The smallest absolute Gasteiger partial charge is 0.219 e. The first-order valence-corrected chi connectivity index (χ1v) is 10.9. The standard InChI is InChI=1S/C23H40N3O.ClH/c1-4-5-6-7-8-9-10-11-12-16-19-26(2,3)20-23(24-21-27-25-23)22-17-14-13-15-18-22;/h13-15,17-18,21,25H,4-12,16,19-20H2,1-3H3;1H/q+1;/p-1. The van der Waals surface area contributed by atoms with Crippen LogP contribution in [-0.4, -0.2) is 38.1 Å². The van der Waals surface area contributed by atoms with Crippen LogP contribution in [0.15, 0.2) is 35.3 Å². The summed E-state index contributed by atoms with van der Waals surface area (Å²) >= 11 is 0. The van der Waals surface area contributed by atoms with Gasteiger partial charge in [0.2, 0.25) is 5.66 Å². The van der Waals surface area contributed by atoms with E-state index in [1.165, 1.54) is 77.2 Å². The van der Waals surface area contributed by atoms with Crippen LogP contribution in [0.3, 0.4) is 0 Å². The molecule has 1 aliphatic rings. The molecule has 1 atom stereocenters. The Hall–Kier alpha value is -1.10. The summed E-state index contributed by atoms with van der Waals surface area (Å²) in [4.78, 5) is 9.96. The molecule has 2 rings (SSSR count). The molecule has 0 bridgehead atoms. The highest BCUT2D eigenvalue weighted by Gasteiger charge is 2.41. The molecule has 4 nitrogen and oxygen atoms in total. The van der Waals surface area contributed by atoms with E-state index in [1.807, 2.05) is 6.07 Å². The second-order valence-corrected chi connectivity index (χ2v) is 8.68. The lowest BCUT2D eigenvalue weighted by molar-refractivity contribution is -0.895. The SMILES string of the molecule is CCCCCCCCCCCC[N+](C)(C)CC1(c2ccccc2)N=CON1.[Cl-]. The molecule has 1 N–H and O–H groups in total. The van der Waals surface area contributed by atoms with E-state index in [0.29, 0.717) is 0 Å². The maximum atomic E-state index is 5.31. The zero-order chi connectivity index (χ0) is 19.4. The number of quaternary nitrogens is 1. The number of hydrogen-bond donors (Lipinski definition) is 1. The monoisotopic (exact) mass is 409 g/mol. The van der Waals surface area contributed by atoms with Gasteiger partial charge >= 0.3 is 0 Å². The van der Waals surface area contributed by atoms with E-state index in [9.17, 15) is 0 Å². The van der Waals surface area contributed by atoms with Gasteiger partial charge in [0.05, 0.1) is 20.6 Å². The largest absolute Gasteiger partial charge is 1.00 e. The Morgan fingerprint density at radius 1 is 0.893 bits per heavy atom. The number of rotatable bonds is 14. The Morgan fingerprint density at radius 2 is 1.46 bits per heavy atom. The van der Waals surface area contributed by atoms with Crippen molar-refractivity contribution in [2.75, 3.05) is 27.2 Å². The number of nitrogens with one attached hydrogen (secondary N) is 1. The minimum absolute atomic E-state index is 0. The van der Waals surface area contributed by atoms with Crippen LogP contribution < -0.4 is 17.9 Å². The van der Waals surface area contributed by atoms with Crippen molar-refractivity contribution in [3.63, 3.8) is 0 Å². The molecular weight excluding hydrogens is 370 g/mol. The van der Waals surface area contributed by atoms with Crippen molar-refractivity contribution >= 4 is 6.40 Å². The van der Waals surface area contributed by atoms with E-state index in [1.54, 1.807) is 0 Å². The van der Waals surface area contributed by atoms with Gasteiger partial charge < -0.3 is 21.7 Å². The highest BCUT2D eigenvalue weighted by Crippen LogP contribution is 2.28. The number of likely N-dealkylation sites (N-methyl/N-ethyl adjacent to an activating group) is 1. The lowest BCUT2D eigenvalue weighted by Crippen LogP contribution is -3.00. The van der Waals surface area contributed by atoms with Crippen molar-refractivity contribution in [1.82, 2.24) is 5.48 Å². The average molecular weight is 410 g/mol. The van der Waals surface area contributed by atoms with Crippen molar-refractivity contribution in [3.05, 3.63) is 35.9 Å². The molecule has 1 unspecified atom stereocenters. The van der Waals surface area contributed by atoms with Gasteiger partial charge in [0.25, 0.3) is 0 Å². The summed E-state index contributed by atoms with van der Waals surface area (Å²) in [6.07, 6.45) is 15.3. The third-order valence-corrected chi connectivity index (χ3v) is 5.58. The highest BCUT2D eigenvalue weighted by molar-refractivity contribution is 5.50. The van der Waals surface area contributed by atoms with Gasteiger partial charge in [0.15, 0.2) is 6.40 Å². The number of hydroxylamine groups is 1. The van der Waals surface area contributed by atoms with E-state index >= 15 is 0 Å². The van der Waals surface area contributed by atoms with Crippen molar-refractivity contribution in [2.45, 2.75) is 76.8 Å². The van der Waals surface area contributed by atoms with Crippen LogP contribution in [0.2, 0.25) is 0 Å². The summed E-state index contributed by atoms with van der Waals surface area (Å²) in [7, 11) is 4.60. The number of unbranched alkanes of at least 4 members (excludes halogenated alkanes) is 9. The molecule has 0 spiro atoms. The van der Waals surface area contributed by atoms with Crippen LogP contribution in [0.1, 0.15) is 76.7 Å². The lowest BCUT2D eigenvalue weighted by Gasteiger charge is -2.37. The van der Waals surface area contributed by atoms with E-state index in [-0.39, 0.29) is 12.4 Å². The van der Waals surface area contributed by atoms with Gasteiger partial charge in [0, 0.05) is 5.56 Å². The van der Waals surface area contributed by atoms with Crippen molar-refractivity contribution in [2.24, 2.45) is 4.99 Å². The Kier molecular flexibility index (Phi) is 11.7. The van der Waals surface area contributed by atoms with Crippen LogP contribution in [0, 0.1) is 0 Å². The minimum atomic E-state index is -0.469. The van der Waals surface area contributed by atoms with Crippen LogP contribution >= 0.6 is 0 Å². The van der Waals surface area contributed by atoms with Gasteiger partial charge in [-0.1, -0.05) is 88.6 Å². The third-order valence-electron chi connectivity index (χ3n) is 5.58. The quantitative estimate of drug-likeness (QED) is 0.378. The molecule has 0 fully saturated rings. The Morgan fingerprint density at radius 3 is 2.00 bits per heavy atom. The minimum Gasteiger partial charge on any atom is -1.00 e. The summed E-state index contributed by atoms with van der Waals surface area (Å²) in [5.41, 5.74) is 3.84. The Bertz CT molecular complexity index is 550. The second-order valence-electron chi connectivity index (χ2n) is 8.68. The molecule has 5 heteroatoms. The van der Waals surface area contributed by atoms with Crippen molar-refractivity contribution < 1.29 is 21.7 Å². The molecule has 1 heterocycles. The molecule has 28 heavy (non-hydrogen) atoms. The molecule has 0 saturated carbocycles. The van der Waals surface area contributed by atoms with Gasteiger partial charge in [0.1, 0.15) is 6.54 Å². The summed E-state index contributed by atoms with van der Waals surface area (Å²) in [5.74, 6) is 0. The van der Waals surface area contributed by atoms with Crippen molar-refractivity contribution in [1.29, 1.82) is 0 Å². The maximum absolute atomic E-state index is 5.31. The predicted molar refractivity (Wildman–Crippen MR) is 115 cm³/mol. The molecule has 0 aliphatic carbocycles. The number of hydrogen-bond acceptors (Lipinski definition) is 3. The Labute approximate surface area is 178 Å². The number of halogens is 1. The summed E-state index contributed by atoms with van der Waals surface area (Å²) in [6, 6.07) is 10.4. The fraction of sp³-hybridized carbons (Fsp3) is 0.696.